The van der Waals surface area contributed by atoms with Gasteiger partial charge in [-0.05, 0) is 49.7 Å². The quantitative estimate of drug-likeness (QED) is 0.612. The van der Waals surface area contributed by atoms with Crippen molar-refractivity contribution in [1.82, 2.24) is 0 Å². The van der Waals surface area contributed by atoms with E-state index in [2.05, 4.69) is 10.6 Å². The van der Waals surface area contributed by atoms with Gasteiger partial charge in [-0.2, -0.15) is 8.42 Å². The molecule has 0 aromatic heterocycles. The number of benzene rings is 3. The molecule has 0 heterocycles. The number of hydrogen-bond donors (Lipinski definition) is 2. The number of anilines is 2. The summed E-state index contributed by atoms with van der Waals surface area (Å²) in [6, 6.07) is 19.5. The van der Waals surface area contributed by atoms with Gasteiger partial charge < -0.3 is 14.8 Å². The number of carbonyl (C=O) groups excluding carboxylic acids is 1. The van der Waals surface area contributed by atoms with Crippen LogP contribution in [-0.4, -0.2) is 14.4 Å². The van der Waals surface area contributed by atoms with Gasteiger partial charge in [0, 0.05) is 5.69 Å². The van der Waals surface area contributed by atoms with E-state index < -0.39 is 16.1 Å². The Balaban J connectivity index is 1.78. The molecule has 0 unspecified atom stereocenters. The van der Waals surface area contributed by atoms with Gasteiger partial charge in [0.25, 0.3) is 0 Å². The fourth-order valence-electron chi connectivity index (χ4n) is 2.50. The first-order valence-electron chi connectivity index (χ1n) is 8.59. The van der Waals surface area contributed by atoms with Crippen LogP contribution in [0.2, 0.25) is 0 Å². The Kier molecular flexibility index (Phi) is 5.65. The second-order valence-corrected chi connectivity index (χ2v) is 7.79. The van der Waals surface area contributed by atoms with Crippen LogP contribution >= 0.6 is 0 Å². The van der Waals surface area contributed by atoms with E-state index in [-0.39, 0.29) is 16.3 Å². The Hall–Kier alpha value is -3.32. The van der Waals surface area contributed by atoms with Crippen LogP contribution in [0.5, 0.6) is 5.75 Å². The standard InChI is InChI=1S/C21H20N2O4S/c1-15-11-13-17(14-12-15)28(25,26)27-20-10-6-5-9-19(20)23-21(24)22-18-8-4-3-7-16(18)2/h3-14H,1-2H3,(H2,22,23,24). The molecule has 28 heavy (non-hydrogen) atoms. The lowest BCUT2D eigenvalue weighted by atomic mass is 10.2. The third-order valence-corrected chi connectivity index (χ3v) is 5.29. The SMILES string of the molecule is Cc1ccc(S(=O)(=O)Oc2ccccc2NC(=O)Nc2ccccc2C)cc1. The summed E-state index contributed by atoms with van der Waals surface area (Å²) in [7, 11) is -4.03. The average Bonchev–Trinajstić information content (AvgIpc) is 2.65. The minimum absolute atomic E-state index is 0.0306. The van der Waals surface area contributed by atoms with Gasteiger partial charge in [-0.15, -0.1) is 0 Å². The van der Waals surface area contributed by atoms with E-state index in [0.717, 1.165) is 11.1 Å². The summed E-state index contributed by atoms with van der Waals surface area (Å²) in [4.78, 5) is 12.4. The number of aryl methyl sites for hydroxylation is 2. The number of hydrogen-bond acceptors (Lipinski definition) is 4. The zero-order valence-corrected chi connectivity index (χ0v) is 16.3. The third-order valence-electron chi connectivity index (χ3n) is 4.04. The second kappa shape index (κ2) is 8.14. The minimum Gasteiger partial charge on any atom is -0.377 e. The van der Waals surface area contributed by atoms with Gasteiger partial charge in [0.2, 0.25) is 0 Å². The van der Waals surface area contributed by atoms with Gasteiger partial charge in [0.1, 0.15) is 4.90 Å². The Labute approximate surface area is 164 Å². The lowest BCUT2D eigenvalue weighted by Gasteiger charge is -2.14. The molecule has 144 valence electrons. The molecule has 3 aromatic carbocycles. The zero-order valence-electron chi connectivity index (χ0n) is 15.5. The summed E-state index contributed by atoms with van der Waals surface area (Å²) >= 11 is 0. The first-order chi connectivity index (χ1) is 13.3. The van der Waals surface area contributed by atoms with Gasteiger partial charge >= 0.3 is 16.1 Å². The van der Waals surface area contributed by atoms with E-state index in [1.54, 1.807) is 36.4 Å². The predicted octanol–water partition coefficient (Wildman–Crippen LogP) is 4.72. The second-order valence-electron chi connectivity index (χ2n) is 6.24. The maximum Gasteiger partial charge on any atom is 0.339 e. The molecule has 0 saturated heterocycles. The summed E-state index contributed by atoms with van der Waals surface area (Å²) in [6.45, 7) is 3.74. The summed E-state index contributed by atoms with van der Waals surface area (Å²) in [6.07, 6.45) is 0. The van der Waals surface area contributed by atoms with E-state index in [9.17, 15) is 13.2 Å². The minimum atomic E-state index is -4.03. The number of carbonyl (C=O) groups is 1. The number of para-hydroxylation sites is 3. The van der Waals surface area contributed by atoms with Crippen LogP contribution in [0.25, 0.3) is 0 Å². The number of amides is 2. The van der Waals surface area contributed by atoms with Crippen LogP contribution in [0.1, 0.15) is 11.1 Å². The van der Waals surface area contributed by atoms with E-state index in [4.69, 9.17) is 4.18 Å². The van der Waals surface area contributed by atoms with E-state index in [1.807, 2.05) is 32.0 Å². The molecule has 0 aliphatic rings. The number of rotatable bonds is 5. The fraction of sp³-hybridized carbons (Fsp3) is 0.0952. The molecule has 7 heteroatoms. The largest absolute Gasteiger partial charge is 0.377 e. The Morgan fingerprint density at radius 3 is 2.04 bits per heavy atom. The van der Waals surface area contributed by atoms with Crippen molar-refractivity contribution in [1.29, 1.82) is 0 Å². The molecule has 0 spiro atoms. The Morgan fingerprint density at radius 1 is 0.786 bits per heavy atom. The molecule has 0 atom stereocenters. The van der Waals surface area contributed by atoms with Crippen LogP contribution in [-0.2, 0) is 10.1 Å². The van der Waals surface area contributed by atoms with Crippen molar-refractivity contribution in [2.24, 2.45) is 0 Å². The molecule has 0 aliphatic carbocycles. The summed E-state index contributed by atoms with van der Waals surface area (Å²) < 4.78 is 30.3. The van der Waals surface area contributed by atoms with Crippen LogP contribution < -0.4 is 14.8 Å². The number of urea groups is 1. The van der Waals surface area contributed by atoms with Crippen molar-refractivity contribution in [2.45, 2.75) is 18.7 Å². The highest BCUT2D eigenvalue weighted by molar-refractivity contribution is 7.87. The van der Waals surface area contributed by atoms with Crippen molar-refractivity contribution in [3.8, 4) is 5.75 Å². The molecule has 0 fully saturated rings. The van der Waals surface area contributed by atoms with Crippen LogP contribution in [0, 0.1) is 13.8 Å². The highest BCUT2D eigenvalue weighted by Crippen LogP contribution is 2.28. The van der Waals surface area contributed by atoms with Crippen molar-refractivity contribution >= 4 is 27.5 Å². The molecule has 0 radical (unpaired) electrons. The lowest BCUT2D eigenvalue weighted by molar-refractivity contribution is 0.262. The normalized spacial score (nSPS) is 10.9. The first-order valence-corrected chi connectivity index (χ1v) is 10.00. The number of nitrogens with one attached hydrogen (secondary N) is 2. The third kappa shape index (κ3) is 4.69. The molecular weight excluding hydrogens is 376 g/mol. The zero-order chi connectivity index (χ0) is 20.1. The summed E-state index contributed by atoms with van der Waals surface area (Å²) in [5.41, 5.74) is 2.74. The van der Waals surface area contributed by atoms with Gasteiger partial charge in [-0.3, -0.25) is 0 Å². The molecule has 2 amide bonds. The smallest absolute Gasteiger partial charge is 0.339 e. The van der Waals surface area contributed by atoms with Gasteiger partial charge in [0.15, 0.2) is 5.75 Å². The predicted molar refractivity (Wildman–Crippen MR) is 109 cm³/mol. The average molecular weight is 396 g/mol. The fourth-order valence-corrected chi connectivity index (χ4v) is 3.45. The molecule has 2 N–H and O–H groups in total. The Morgan fingerprint density at radius 2 is 1.36 bits per heavy atom. The molecular formula is C21H20N2O4S. The van der Waals surface area contributed by atoms with Crippen LogP contribution in [0.15, 0.2) is 77.7 Å². The molecule has 0 saturated carbocycles. The molecule has 6 nitrogen and oxygen atoms in total. The molecule has 0 aliphatic heterocycles. The van der Waals surface area contributed by atoms with Crippen molar-refractivity contribution in [2.75, 3.05) is 10.6 Å². The highest BCUT2D eigenvalue weighted by atomic mass is 32.2. The summed E-state index contributed by atoms with van der Waals surface area (Å²) in [5, 5.41) is 5.36. The Bertz CT molecular complexity index is 1090. The molecule has 3 rings (SSSR count). The summed E-state index contributed by atoms with van der Waals surface area (Å²) in [5.74, 6) is 0.0306. The highest BCUT2D eigenvalue weighted by Gasteiger charge is 2.19. The van der Waals surface area contributed by atoms with Crippen molar-refractivity contribution in [3.63, 3.8) is 0 Å². The maximum atomic E-state index is 12.5. The van der Waals surface area contributed by atoms with Crippen molar-refractivity contribution in [3.05, 3.63) is 83.9 Å². The van der Waals surface area contributed by atoms with Gasteiger partial charge in [0.05, 0.1) is 5.69 Å². The maximum absolute atomic E-state index is 12.5. The molecule has 0 bridgehead atoms. The van der Waals surface area contributed by atoms with E-state index >= 15 is 0 Å². The molecule has 3 aromatic rings. The van der Waals surface area contributed by atoms with E-state index in [1.165, 1.54) is 18.2 Å². The first kappa shape index (κ1) is 19.4. The van der Waals surface area contributed by atoms with Gasteiger partial charge in [-0.1, -0.05) is 48.0 Å². The van der Waals surface area contributed by atoms with Gasteiger partial charge in [-0.25, -0.2) is 4.79 Å². The van der Waals surface area contributed by atoms with Crippen LogP contribution in [0.4, 0.5) is 16.2 Å². The monoisotopic (exact) mass is 396 g/mol. The van der Waals surface area contributed by atoms with E-state index in [0.29, 0.717) is 5.69 Å². The lowest BCUT2D eigenvalue weighted by Crippen LogP contribution is -2.21. The van der Waals surface area contributed by atoms with Crippen molar-refractivity contribution < 1.29 is 17.4 Å². The van der Waals surface area contributed by atoms with Crippen LogP contribution in [0.3, 0.4) is 0 Å². The topological polar surface area (TPSA) is 84.5 Å².